The third kappa shape index (κ3) is 2.40. The maximum absolute atomic E-state index is 6.06. The molecule has 3 nitrogen and oxygen atoms in total. The third-order valence-corrected chi connectivity index (χ3v) is 3.67. The van der Waals surface area contributed by atoms with Crippen molar-refractivity contribution in [3.8, 4) is 0 Å². The molecule has 2 rings (SSSR count). The van der Waals surface area contributed by atoms with Crippen molar-refractivity contribution in [3.63, 3.8) is 0 Å². The second kappa shape index (κ2) is 4.35. The van der Waals surface area contributed by atoms with Gasteiger partial charge in [-0.1, -0.05) is 11.6 Å². The molecule has 2 heterocycles. The van der Waals surface area contributed by atoms with E-state index >= 15 is 0 Å². The van der Waals surface area contributed by atoms with Crippen molar-refractivity contribution in [2.75, 3.05) is 0 Å². The van der Waals surface area contributed by atoms with E-state index in [0.29, 0.717) is 0 Å². The average molecular weight is 242 g/mol. The molecule has 0 saturated carbocycles. The number of hydrogen-bond acceptors (Lipinski definition) is 3. The zero-order valence-electron chi connectivity index (χ0n) is 8.35. The lowest BCUT2D eigenvalue weighted by atomic mass is 10.1. The van der Waals surface area contributed by atoms with Crippen molar-refractivity contribution in [2.24, 2.45) is 12.8 Å². The Hall–Kier alpha value is -0.840. The molecule has 0 aliphatic heterocycles. The van der Waals surface area contributed by atoms with Gasteiger partial charge in [0.2, 0.25) is 0 Å². The Balaban J connectivity index is 2.10. The number of thiophene rings is 1. The van der Waals surface area contributed by atoms with Crippen LogP contribution in [0.3, 0.4) is 0 Å². The van der Waals surface area contributed by atoms with Gasteiger partial charge in [-0.15, -0.1) is 11.3 Å². The molecule has 0 amide bonds. The van der Waals surface area contributed by atoms with Gasteiger partial charge in [0, 0.05) is 30.6 Å². The molecule has 2 aromatic rings. The van der Waals surface area contributed by atoms with Crippen LogP contribution in [0, 0.1) is 0 Å². The maximum atomic E-state index is 6.06. The van der Waals surface area contributed by atoms with Crippen molar-refractivity contribution in [3.05, 3.63) is 39.3 Å². The third-order valence-electron chi connectivity index (χ3n) is 2.18. The number of hydrogen-bond donors (Lipinski definition) is 1. The van der Waals surface area contributed by atoms with E-state index in [9.17, 15) is 0 Å². The van der Waals surface area contributed by atoms with E-state index < -0.39 is 0 Å². The lowest BCUT2D eigenvalue weighted by molar-refractivity contribution is 0.683. The molecule has 0 aliphatic rings. The van der Waals surface area contributed by atoms with Gasteiger partial charge in [-0.3, -0.25) is 4.68 Å². The Morgan fingerprint density at radius 2 is 2.40 bits per heavy atom. The Kier molecular flexibility index (Phi) is 3.09. The Morgan fingerprint density at radius 3 is 2.93 bits per heavy atom. The predicted octanol–water partition coefficient (Wildman–Crippen LogP) is 2.38. The number of aromatic nitrogens is 2. The molecular weight excluding hydrogens is 230 g/mol. The monoisotopic (exact) mass is 241 g/mol. The largest absolute Gasteiger partial charge is 0.323 e. The quantitative estimate of drug-likeness (QED) is 0.897. The van der Waals surface area contributed by atoms with E-state index in [2.05, 4.69) is 5.10 Å². The molecule has 2 N–H and O–H groups in total. The first-order valence-corrected chi connectivity index (χ1v) is 5.89. The maximum Gasteiger partial charge on any atom is 0.0643 e. The molecule has 0 saturated heterocycles. The van der Waals surface area contributed by atoms with Gasteiger partial charge in [0.15, 0.2) is 0 Å². The standard InChI is InChI=1S/C10H12ClN3S/c1-14-4-2-7(13-14)6-9(12)10-8(11)3-5-15-10/h2-5,9H,6,12H2,1H3. The Bertz CT molecular complexity index is 449. The van der Waals surface area contributed by atoms with E-state index in [-0.39, 0.29) is 6.04 Å². The van der Waals surface area contributed by atoms with Gasteiger partial charge in [0.05, 0.1) is 10.7 Å². The number of halogens is 1. The van der Waals surface area contributed by atoms with Gasteiger partial charge >= 0.3 is 0 Å². The lowest BCUT2D eigenvalue weighted by Crippen LogP contribution is -2.12. The summed E-state index contributed by atoms with van der Waals surface area (Å²) in [4.78, 5) is 1.03. The summed E-state index contributed by atoms with van der Waals surface area (Å²) in [7, 11) is 1.90. The van der Waals surface area contributed by atoms with E-state index in [0.717, 1.165) is 22.0 Å². The van der Waals surface area contributed by atoms with Crippen LogP contribution in [0.25, 0.3) is 0 Å². The SMILES string of the molecule is Cn1ccc(CC(N)c2sccc2Cl)n1. The number of nitrogens with two attached hydrogens (primary N) is 1. The van der Waals surface area contributed by atoms with Crippen LogP contribution in [-0.4, -0.2) is 9.78 Å². The van der Waals surface area contributed by atoms with Crippen LogP contribution in [0.2, 0.25) is 5.02 Å². The first kappa shape index (κ1) is 10.7. The van der Waals surface area contributed by atoms with Gasteiger partial charge in [0.25, 0.3) is 0 Å². The highest BCUT2D eigenvalue weighted by Gasteiger charge is 2.13. The van der Waals surface area contributed by atoms with Gasteiger partial charge < -0.3 is 5.73 Å². The summed E-state index contributed by atoms with van der Waals surface area (Å²) in [6, 6.07) is 3.79. The molecule has 0 spiro atoms. The molecule has 80 valence electrons. The van der Waals surface area contributed by atoms with Crippen LogP contribution >= 0.6 is 22.9 Å². The first-order valence-electron chi connectivity index (χ1n) is 4.64. The van der Waals surface area contributed by atoms with Crippen LogP contribution in [0.5, 0.6) is 0 Å². The van der Waals surface area contributed by atoms with E-state index in [1.807, 2.05) is 30.8 Å². The summed E-state index contributed by atoms with van der Waals surface area (Å²) in [6.07, 6.45) is 2.64. The summed E-state index contributed by atoms with van der Waals surface area (Å²) in [5.41, 5.74) is 7.05. The highest BCUT2D eigenvalue weighted by molar-refractivity contribution is 7.10. The molecule has 0 fully saturated rings. The van der Waals surface area contributed by atoms with Gasteiger partial charge in [-0.25, -0.2) is 0 Å². The summed E-state index contributed by atoms with van der Waals surface area (Å²) < 4.78 is 1.78. The normalized spacial score (nSPS) is 13.0. The minimum absolute atomic E-state index is 0.0626. The highest BCUT2D eigenvalue weighted by Crippen LogP contribution is 2.28. The van der Waals surface area contributed by atoms with E-state index in [4.69, 9.17) is 17.3 Å². The van der Waals surface area contributed by atoms with Crippen LogP contribution < -0.4 is 5.73 Å². The summed E-state index contributed by atoms with van der Waals surface area (Å²) in [5.74, 6) is 0. The minimum Gasteiger partial charge on any atom is -0.323 e. The number of rotatable bonds is 3. The molecule has 15 heavy (non-hydrogen) atoms. The summed E-state index contributed by atoms with van der Waals surface area (Å²) in [6.45, 7) is 0. The number of nitrogens with zero attached hydrogens (tertiary/aromatic N) is 2. The zero-order chi connectivity index (χ0) is 10.8. The van der Waals surface area contributed by atoms with Crippen LogP contribution in [0.15, 0.2) is 23.7 Å². The van der Waals surface area contributed by atoms with Crippen molar-refractivity contribution < 1.29 is 0 Å². The van der Waals surface area contributed by atoms with Crippen LogP contribution in [0.1, 0.15) is 16.6 Å². The molecule has 5 heteroatoms. The Labute approximate surface area is 97.5 Å². The summed E-state index contributed by atoms with van der Waals surface area (Å²) in [5, 5.41) is 7.00. The van der Waals surface area contributed by atoms with Crippen LogP contribution in [0.4, 0.5) is 0 Å². The second-order valence-corrected chi connectivity index (χ2v) is 4.78. The fourth-order valence-electron chi connectivity index (χ4n) is 1.46. The fraction of sp³-hybridized carbons (Fsp3) is 0.300. The molecule has 0 radical (unpaired) electrons. The molecule has 0 aromatic carbocycles. The fourth-order valence-corrected chi connectivity index (χ4v) is 2.66. The van der Waals surface area contributed by atoms with Crippen molar-refractivity contribution in [1.29, 1.82) is 0 Å². The smallest absolute Gasteiger partial charge is 0.0643 e. The predicted molar refractivity (Wildman–Crippen MR) is 63.2 cm³/mol. The molecular formula is C10H12ClN3S. The van der Waals surface area contributed by atoms with Crippen LogP contribution in [-0.2, 0) is 13.5 Å². The zero-order valence-corrected chi connectivity index (χ0v) is 9.92. The minimum atomic E-state index is -0.0626. The second-order valence-electron chi connectivity index (χ2n) is 3.42. The van der Waals surface area contributed by atoms with E-state index in [1.54, 1.807) is 16.0 Å². The first-order chi connectivity index (χ1) is 7.16. The van der Waals surface area contributed by atoms with Gasteiger partial charge in [-0.2, -0.15) is 5.10 Å². The van der Waals surface area contributed by atoms with Crippen molar-refractivity contribution in [1.82, 2.24) is 9.78 Å². The molecule has 0 bridgehead atoms. The molecule has 0 aliphatic carbocycles. The van der Waals surface area contributed by atoms with Gasteiger partial charge in [0.1, 0.15) is 0 Å². The molecule has 1 unspecified atom stereocenters. The van der Waals surface area contributed by atoms with Crippen molar-refractivity contribution in [2.45, 2.75) is 12.5 Å². The highest BCUT2D eigenvalue weighted by atomic mass is 35.5. The van der Waals surface area contributed by atoms with Crippen molar-refractivity contribution >= 4 is 22.9 Å². The van der Waals surface area contributed by atoms with E-state index in [1.165, 1.54) is 0 Å². The molecule has 2 aromatic heterocycles. The van der Waals surface area contributed by atoms with Gasteiger partial charge in [-0.05, 0) is 17.5 Å². The molecule has 1 atom stereocenters. The number of aryl methyl sites for hydroxylation is 1. The average Bonchev–Trinajstić information content (AvgIpc) is 2.75. The Morgan fingerprint density at radius 1 is 1.60 bits per heavy atom. The lowest BCUT2D eigenvalue weighted by Gasteiger charge is -2.07. The summed E-state index contributed by atoms with van der Waals surface area (Å²) >= 11 is 7.60. The topological polar surface area (TPSA) is 43.8 Å².